The molecule has 0 radical (unpaired) electrons. The summed E-state index contributed by atoms with van der Waals surface area (Å²) < 4.78 is 0. The quantitative estimate of drug-likeness (QED) is 0.804. The van der Waals surface area contributed by atoms with Gasteiger partial charge in [0, 0.05) is 37.6 Å². The summed E-state index contributed by atoms with van der Waals surface area (Å²) in [5.74, 6) is 0.904. The Kier molecular flexibility index (Phi) is 6.35. The van der Waals surface area contributed by atoms with Crippen LogP contribution in [-0.2, 0) is 16.0 Å². The first-order chi connectivity index (χ1) is 12.1. The third kappa shape index (κ3) is 5.21. The molecule has 2 aliphatic rings. The lowest BCUT2D eigenvalue weighted by Gasteiger charge is -2.33. The number of piperidine rings is 1. The lowest BCUT2D eigenvalue weighted by molar-refractivity contribution is -0.132. The molecule has 25 heavy (non-hydrogen) atoms. The van der Waals surface area contributed by atoms with Crippen molar-refractivity contribution in [1.82, 2.24) is 9.80 Å². The van der Waals surface area contributed by atoms with Crippen molar-refractivity contribution in [2.24, 2.45) is 5.92 Å². The molecule has 0 saturated carbocycles. The third-order valence-electron chi connectivity index (χ3n) is 5.34. The molecule has 1 atom stereocenters. The van der Waals surface area contributed by atoms with Crippen molar-refractivity contribution >= 4 is 23.4 Å². The van der Waals surface area contributed by atoms with Gasteiger partial charge in [0.15, 0.2) is 0 Å². The maximum atomic E-state index is 12.6. The van der Waals surface area contributed by atoms with Crippen LogP contribution in [0.15, 0.2) is 24.3 Å². The highest BCUT2D eigenvalue weighted by Gasteiger charge is 2.25. The number of carbonyl (C=O) groups excluding carboxylic acids is 2. The Bertz CT molecular complexity index is 613. The van der Waals surface area contributed by atoms with Gasteiger partial charge in [-0.25, -0.2) is 0 Å². The van der Waals surface area contributed by atoms with E-state index in [1.165, 1.54) is 0 Å². The van der Waals surface area contributed by atoms with E-state index in [0.717, 1.165) is 63.8 Å². The van der Waals surface area contributed by atoms with Gasteiger partial charge in [-0.15, -0.1) is 0 Å². The highest BCUT2D eigenvalue weighted by Crippen LogP contribution is 2.23. The minimum absolute atomic E-state index is 0.165. The minimum atomic E-state index is 0.165. The van der Waals surface area contributed by atoms with Crippen LogP contribution in [0, 0.1) is 5.92 Å². The number of hydrogen-bond donors (Lipinski definition) is 0. The molecule has 0 spiro atoms. The molecule has 2 amide bonds. The van der Waals surface area contributed by atoms with E-state index < -0.39 is 0 Å². The van der Waals surface area contributed by atoms with E-state index in [0.29, 0.717) is 29.7 Å². The Hall–Kier alpha value is -1.55. The number of rotatable bonds is 5. The maximum absolute atomic E-state index is 12.6. The second-order valence-electron chi connectivity index (χ2n) is 7.28. The molecule has 0 N–H and O–H groups in total. The summed E-state index contributed by atoms with van der Waals surface area (Å²) in [5.41, 5.74) is 0.962. The van der Waals surface area contributed by atoms with E-state index in [-0.39, 0.29) is 5.91 Å². The summed E-state index contributed by atoms with van der Waals surface area (Å²) in [6, 6.07) is 7.51. The molecule has 0 aliphatic carbocycles. The fraction of sp³-hybridized carbons (Fsp3) is 0.600. The molecule has 2 heterocycles. The Morgan fingerprint density at radius 2 is 1.80 bits per heavy atom. The van der Waals surface area contributed by atoms with Crippen molar-refractivity contribution in [3.63, 3.8) is 0 Å². The molecule has 2 saturated heterocycles. The van der Waals surface area contributed by atoms with Crippen LogP contribution in [0.5, 0.6) is 0 Å². The van der Waals surface area contributed by atoms with Gasteiger partial charge in [-0.2, -0.15) is 0 Å². The lowest BCUT2D eigenvalue weighted by Crippen LogP contribution is -2.41. The van der Waals surface area contributed by atoms with Crippen LogP contribution in [-0.4, -0.2) is 47.8 Å². The summed E-state index contributed by atoms with van der Waals surface area (Å²) >= 11 is 6.00. The largest absolute Gasteiger partial charge is 0.343 e. The molecule has 136 valence electrons. The predicted molar refractivity (Wildman–Crippen MR) is 99.5 cm³/mol. The van der Waals surface area contributed by atoms with Gasteiger partial charge in [-0.05, 0) is 55.7 Å². The van der Waals surface area contributed by atoms with Crippen molar-refractivity contribution in [3.8, 4) is 0 Å². The van der Waals surface area contributed by atoms with Gasteiger partial charge >= 0.3 is 0 Å². The van der Waals surface area contributed by atoms with E-state index in [1.54, 1.807) is 0 Å². The van der Waals surface area contributed by atoms with Crippen molar-refractivity contribution in [1.29, 1.82) is 0 Å². The lowest BCUT2D eigenvalue weighted by atomic mass is 9.92. The van der Waals surface area contributed by atoms with Crippen LogP contribution in [0.1, 0.15) is 44.1 Å². The number of hydrogen-bond acceptors (Lipinski definition) is 2. The summed E-state index contributed by atoms with van der Waals surface area (Å²) in [6.45, 7) is 3.46. The van der Waals surface area contributed by atoms with Crippen LogP contribution in [0.2, 0.25) is 5.02 Å². The molecular weight excluding hydrogens is 336 g/mol. The monoisotopic (exact) mass is 362 g/mol. The van der Waals surface area contributed by atoms with Gasteiger partial charge in [-0.3, -0.25) is 9.59 Å². The summed E-state index contributed by atoms with van der Waals surface area (Å²) in [6.07, 6.45) is 6.36. The SMILES string of the molecule is O=C(CC[C@@H]1CCCN(C(=O)Cc2cccc(Cl)c2)C1)N1CCCC1. The molecule has 3 rings (SSSR count). The summed E-state index contributed by atoms with van der Waals surface area (Å²) in [5, 5.41) is 0.669. The number of amides is 2. The second-order valence-corrected chi connectivity index (χ2v) is 7.72. The van der Waals surface area contributed by atoms with E-state index in [9.17, 15) is 9.59 Å². The van der Waals surface area contributed by atoms with Gasteiger partial charge in [0.2, 0.25) is 11.8 Å². The first kappa shape index (κ1) is 18.2. The first-order valence-electron chi connectivity index (χ1n) is 9.42. The molecule has 4 nitrogen and oxygen atoms in total. The highest BCUT2D eigenvalue weighted by molar-refractivity contribution is 6.30. The number of benzene rings is 1. The van der Waals surface area contributed by atoms with Crippen LogP contribution in [0.25, 0.3) is 0 Å². The molecule has 5 heteroatoms. The Morgan fingerprint density at radius 3 is 2.56 bits per heavy atom. The van der Waals surface area contributed by atoms with Crippen molar-refractivity contribution in [2.45, 2.75) is 44.9 Å². The van der Waals surface area contributed by atoms with Crippen molar-refractivity contribution < 1.29 is 9.59 Å². The van der Waals surface area contributed by atoms with Crippen LogP contribution in [0.3, 0.4) is 0 Å². The van der Waals surface area contributed by atoms with Gasteiger partial charge in [0.25, 0.3) is 0 Å². The van der Waals surface area contributed by atoms with Crippen LogP contribution >= 0.6 is 11.6 Å². The van der Waals surface area contributed by atoms with E-state index in [2.05, 4.69) is 0 Å². The zero-order valence-corrected chi connectivity index (χ0v) is 15.5. The molecule has 1 aromatic rings. The third-order valence-corrected chi connectivity index (χ3v) is 5.58. The summed E-state index contributed by atoms with van der Waals surface area (Å²) in [7, 11) is 0. The zero-order valence-electron chi connectivity index (χ0n) is 14.8. The highest BCUT2D eigenvalue weighted by atomic mass is 35.5. The molecule has 0 bridgehead atoms. The van der Waals surface area contributed by atoms with Gasteiger partial charge in [0.1, 0.15) is 0 Å². The molecule has 0 unspecified atom stereocenters. The Balaban J connectivity index is 1.47. The Morgan fingerprint density at radius 1 is 1.04 bits per heavy atom. The molecule has 2 aliphatic heterocycles. The topological polar surface area (TPSA) is 40.6 Å². The molecule has 0 aromatic heterocycles. The van der Waals surface area contributed by atoms with Crippen LogP contribution < -0.4 is 0 Å². The molecule has 1 aromatic carbocycles. The maximum Gasteiger partial charge on any atom is 0.226 e. The average molecular weight is 363 g/mol. The minimum Gasteiger partial charge on any atom is -0.343 e. The second kappa shape index (κ2) is 8.70. The summed E-state index contributed by atoms with van der Waals surface area (Å²) in [4.78, 5) is 28.7. The average Bonchev–Trinajstić information content (AvgIpc) is 3.15. The molecule has 2 fully saturated rings. The fourth-order valence-corrected chi connectivity index (χ4v) is 4.13. The number of carbonyl (C=O) groups is 2. The van der Waals surface area contributed by atoms with Gasteiger partial charge < -0.3 is 9.80 Å². The number of likely N-dealkylation sites (tertiary alicyclic amines) is 2. The number of halogens is 1. The van der Waals surface area contributed by atoms with Crippen LogP contribution in [0.4, 0.5) is 0 Å². The van der Waals surface area contributed by atoms with E-state index in [1.807, 2.05) is 34.1 Å². The fourth-order valence-electron chi connectivity index (χ4n) is 3.91. The standard InChI is InChI=1S/C20H27ClN2O2/c21-18-7-3-5-17(13-18)14-20(25)23-12-4-6-16(15-23)8-9-19(24)22-10-1-2-11-22/h3,5,7,13,16H,1-2,4,6,8-12,14-15H2/t16-/m0/s1. The molecular formula is C20H27ClN2O2. The van der Waals surface area contributed by atoms with Gasteiger partial charge in [0.05, 0.1) is 6.42 Å². The smallest absolute Gasteiger partial charge is 0.226 e. The zero-order chi connectivity index (χ0) is 17.6. The van der Waals surface area contributed by atoms with Crippen molar-refractivity contribution in [2.75, 3.05) is 26.2 Å². The van der Waals surface area contributed by atoms with E-state index in [4.69, 9.17) is 11.6 Å². The van der Waals surface area contributed by atoms with Gasteiger partial charge in [-0.1, -0.05) is 23.7 Å². The van der Waals surface area contributed by atoms with E-state index >= 15 is 0 Å². The normalized spacial score (nSPS) is 20.8. The van der Waals surface area contributed by atoms with Crippen molar-refractivity contribution in [3.05, 3.63) is 34.9 Å². The first-order valence-corrected chi connectivity index (χ1v) is 9.79. The number of nitrogens with zero attached hydrogens (tertiary/aromatic N) is 2. The predicted octanol–water partition coefficient (Wildman–Crippen LogP) is 3.52. The Labute approximate surface area is 155 Å².